The maximum Gasteiger partial charge on any atom is 0.323 e. The second kappa shape index (κ2) is 8.79. The van der Waals surface area contributed by atoms with E-state index in [9.17, 15) is 4.79 Å². The number of fused-ring (bicyclic) bond motifs is 1. The summed E-state index contributed by atoms with van der Waals surface area (Å²) in [6.45, 7) is 5.30. The van der Waals surface area contributed by atoms with Gasteiger partial charge in [-0.25, -0.2) is 4.79 Å². The van der Waals surface area contributed by atoms with Crippen LogP contribution in [0, 0.1) is 0 Å². The number of carbonyl (C=O) groups is 1. The lowest BCUT2D eigenvalue weighted by molar-refractivity contribution is 0.262. The second-order valence-electron chi connectivity index (χ2n) is 8.40. The number of likely N-dealkylation sites (N-methyl/N-ethyl adjacent to an activating group) is 1. The van der Waals surface area contributed by atoms with Gasteiger partial charge < -0.3 is 25.0 Å². The minimum atomic E-state index is -0.233. The van der Waals surface area contributed by atoms with E-state index in [1.165, 1.54) is 24.0 Å². The van der Waals surface area contributed by atoms with Crippen LogP contribution >= 0.6 is 0 Å². The van der Waals surface area contributed by atoms with Crippen LogP contribution < -0.4 is 15.5 Å². The molecule has 1 aliphatic rings. The van der Waals surface area contributed by atoms with Crippen LogP contribution in [0.4, 0.5) is 21.9 Å². The minimum Gasteiger partial charge on any atom is -0.369 e. The average molecular weight is 406 g/mol. The first kappa shape index (κ1) is 20.3. The summed E-state index contributed by atoms with van der Waals surface area (Å²) in [6.07, 6.45) is 4.58. The van der Waals surface area contributed by atoms with Crippen LogP contribution in [0.3, 0.4) is 0 Å². The number of hydrogen-bond acceptors (Lipinski definition) is 3. The molecule has 30 heavy (non-hydrogen) atoms. The third-order valence-corrected chi connectivity index (χ3v) is 5.83. The van der Waals surface area contributed by atoms with E-state index in [1.54, 1.807) is 0 Å². The van der Waals surface area contributed by atoms with Gasteiger partial charge in [-0.15, -0.1) is 0 Å². The highest BCUT2D eigenvalue weighted by atomic mass is 16.2. The van der Waals surface area contributed by atoms with Gasteiger partial charge >= 0.3 is 6.03 Å². The normalized spacial score (nSPS) is 16.4. The number of amides is 2. The Hall–Kier alpha value is -2.99. The highest BCUT2D eigenvalue weighted by Crippen LogP contribution is 2.26. The Balaban J connectivity index is 1.37. The first-order valence-corrected chi connectivity index (χ1v) is 10.7. The van der Waals surface area contributed by atoms with Crippen LogP contribution in [0.2, 0.25) is 0 Å². The number of carbonyl (C=O) groups excluding carboxylic acids is 1. The van der Waals surface area contributed by atoms with Crippen LogP contribution in [-0.2, 0) is 6.54 Å². The molecule has 2 amide bonds. The molecule has 1 unspecified atom stereocenters. The summed E-state index contributed by atoms with van der Waals surface area (Å²) in [5, 5.41) is 6.99. The van der Waals surface area contributed by atoms with Gasteiger partial charge in [0, 0.05) is 59.8 Å². The molecule has 6 nitrogen and oxygen atoms in total. The topological polar surface area (TPSA) is 52.5 Å². The lowest BCUT2D eigenvalue weighted by Crippen LogP contribution is -2.26. The number of nitrogens with zero attached hydrogens (tertiary/aromatic N) is 3. The summed E-state index contributed by atoms with van der Waals surface area (Å²) in [7, 11) is 4.15. The van der Waals surface area contributed by atoms with Crippen molar-refractivity contribution in [3.8, 4) is 0 Å². The Morgan fingerprint density at radius 3 is 2.50 bits per heavy atom. The first-order valence-electron chi connectivity index (χ1n) is 10.7. The number of rotatable bonds is 6. The van der Waals surface area contributed by atoms with E-state index in [4.69, 9.17) is 0 Å². The molecule has 1 saturated heterocycles. The van der Waals surface area contributed by atoms with Gasteiger partial charge in [0.2, 0.25) is 0 Å². The summed E-state index contributed by atoms with van der Waals surface area (Å²) in [5.74, 6) is 0. The number of hydrogen-bond donors (Lipinski definition) is 2. The summed E-state index contributed by atoms with van der Waals surface area (Å²) < 4.78 is 2.24. The summed E-state index contributed by atoms with van der Waals surface area (Å²) in [4.78, 5) is 17.0. The zero-order chi connectivity index (χ0) is 21.1. The number of benzene rings is 2. The molecule has 1 fully saturated rings. The molecular formula is C24H31N5O. The molecule has 1 aromatic heterocycles. The highest BCUT2D eigenvalue weighted by Gasteiger charge is 2.20. The zero-order valence-corrected chi connectivity index (χ0v) is 18.1. The van der Waals surface area contributed by atoms with Crippen molar-refractivity contribution in [3.05, 3.63) is 54.7 Å². The van der Waals surface area contributed by atoms with E-state index in [1.807, 2.05) is 24.3 Å². The number of nitrogens with one attached hydrogen (secondary N) is 2. The second-order valence-corrected chi connectivity index (χ2v) is 8.40. The smallest absolute Gasteiger partial charge is 0.323 e. The van der Waals surface area contributed by atoms with Crippen molar-refractivity contribution >= 4 is 34.0 Å². The van der Waals surface area contributed by atoms with Crippen LogP contribution in [0.5, 0.6) is 0 Å². The zero-order valence-electron chi connectivity index (χ0n) is 18.1. The van der Waals surface area contributed by atoms with Gasteiger partial charge in [-0.1, -0.05) is 0 Å². The maximum absolute atomic E-state index is 12.5. The van der Waals surface area contributed by atoms with E-state index in [-0.39, 0.29) is 6.03 Å². The molecule has 0 bridgehead atoms. The van der Waals surface area contributed by atoms with Crippen molar-refractivity contribution in [2.75, 3.05) is 42.7 Å². The molecule has 2 heterocycles. The molecule has 158 valence electrons. The van der Waals surface area contributed by atoms with Crippen LogP contribution in [0.1, 0.15) is 19.8 Å². The third kappa shape index (κ3) is 4.60. The van der Waals surface area contributed by atoms with Crippen LogP contribution in [0.15, 0.2) is 54.7 Å². The molecule has 6 heteroatoms. The van der Waals surface area contributed by atoms with Gasteiger partial charge in [-0.05, 0) is 82.4 Å². The Labute approximate surface area is 178 Å². The monoisotopic (exact) mass is 405 g/mol. The van der Waals surface area contributed by atoms with Crippen molar-refractivity contribution in [2.45, 2.75) is 32.4 Å². The number of anilines is 3. The van der Waals surface area contributed by atoms with Crippen molar-refractivity contribution in [1.82, 2.24) is 9.47 Å². The molecular weight excluding hydrogens is 374 g/mol. The third-order valence-electron chi connectivity index (χ3n) is 5.83. The Morgan fingerprint density at radius 1 is 1.07 bits per heavy atom. The van der Waals surface area contributed by atoms with Gasteiger partial charge in [0.25, 0.3) is 0 Å². The molecule has 0 aliphatic carbocycles. The minimum absolute atomic E-state index is 0.233. The highest BCUT2D eigenvalue weighted by molar-refractivity contribution is 6.01. The summed E-state index contributed by atoms with van der Waals surface area (Å²) in [6, 6.07) is 16.6. The first-order chi connectivity index (χ1) is 14.5. The molecule has 4 rings (SSSR count). The molecule has 2 aromatic carbocycles. The SMILES string of the molecule is CC1CCCN1c1ccc(NC(=O)Nc2ccc3c(ccn3CCN(C)C)c2)cc1. The average Bonchev–Trinajstić information content (AvgIpc) is 3.32. The predicted octanol–water partition coefficient (Wildman–Crippen LogP) is 4.84. The van der Waals surface area contributed by atoms with E-state index in [0.29, 0.717) is 6.04 Å². The van der Waals surface area contributed by atoms with Gasteiger partial charge in [0.05, 0.1) is 0 Å². The van der Waals surface area contributed by atoms with Crippen LogP contribution in [0.25, 0.3) is 10.9 Å². The fourth-order valence-electron chi connectivity index (χ4n) is 4.13. The molecule has 0 saturated carbocycles. The molecule has 2 N–H and O–H groups in total. The largest absolute Gasteiger partial charge is 0.369 e. The number of aromatic nitrogens is 1. The van der Waals surface area contributed by atoms with Crippen LogP contribution in [-0.4, -0.2) is 48.7 Å². The molecule has 0 radical (unpaired) electrons. The summed E-state index contributed by atoms with van der Waals surface area (Å²) in [5.41, 5.74) is 3.97. The molecule has 1 atom stereocenters. The van der Waals surface area contributed by atoms with E-state index < -0.39 is 0 Å². The fourth-order valence-corrected chi connectivity index (χ4v) is 4.13. The maximum atomic E-state index is 12.5. The standard InChI is InChI=1S/C24H31N5O/c1-18-5-4-13-29(18)22-9-6-20(7-10-22)25-24(30)26-21-8-11-23-19(17-21)12-14-28(23)16-15-27(2)3/h6-12,14,17-18H,4-5,13,15-16H2,1-3H3,(H2,25,26,30). The molecule has 0 spiro atoms. The van der Waals surface area contributed by atoms with Gasteiger partial charge in [0.1, 0.15) is 0 Å². The van der Waals surface area contributed by atoms with Crippen molar-refractivity contribution in [2.24, 2.45) is 0 Å². The Kier molecular flexibility index (Phi) is 5.95. The predicted molar refractivity (Wildman–Crippen MR) is 126 cm³/mol. The van der Waals surface area contributed by atoms with E-state index in [0.717, 1.165) is 36.4 Å². The molecule has 3 aromatic rings. The van der Waals surface area contributed by atoms with Crippen molar-refractivity contribution < 1.29 is 4.79 Å². The Morgan fingerprint density at radius 2 is 1.80 bits per heavy atom. The quantitative estimate of drug-likeness (QED) is 0.617. The fraction of sp³-hybridized carbons (Fsp3) is 0.375. The lowest BCUT2D eigenvalue weighted by Gasteiger charge is -2.23. The number of urea groups is 1. The van der Waals surface area contributed by atoms with Gasteiger partial charge in [0.15, 0.2) is 0 Å². The Bertz CT molecular complexity index is 1010. The van der Waals surface area contributed by atoms with E-state index >= 15 is 0 Å². The summed E-state index contributed by atoms with van der Waals surface area (Å²) >= 11 is 0. The van der Waals surface area contributed by atoms with Crippen molar-refractivity contribution in [3.63, 3.8) is 0 Å². The van der Waals surface area contributed by atoms with E-state index in [2.05, 4.69) is 76.5 Å². The lowest BCUT2D eigenvalue weighted by atomic mass is 10.2. The van der Waals surface area contributed by atoms with Gasteiger partial charge in [-0.2, -0.15) is 0 Å². The van der Waals surface area contributed by atoms with Gasteiger partial charge in [-0.3, -0.25) is 0 Å². The molecule has 1 aliphatic heterocycles. The van der Waals surface area contributed by atoms with Crippen molar-refractivity contribution in [1.29, 1.82) is 0 Å².